The van der Waals surface area contributed by atoms with Crippen LogP contribution in [0.25, 0.3) is 0 Å². The molecule has 1 aromatic heterocycles. The zero-order valence-electron chi connectivity index (χ0n) is 26.9. The molecule has 3 atom stereocenters. The van der Waals surface area contributed by atoms with Gasteiger partial charge in [0.2, 0.25) is 17.6 Å². The summed E-state index contributed by atoms with van der Waals surface area (Å²) < 4.78 is 10.5. The number of amides is 3. The van der Waals surface area contributed by atoms with Crippen molar-refractivity contribution in [2.75, 3.05) is 7.11 Å². The van der Waals surface area contributed by atoms with Crippen LogP contribution in [0.1, 0.15) is 52.3 Å². The molecule has 12 nitrogen and oxygen atoms in total. The second-order valence-electron chi connectivity index (χ2n) is 11.6. The first-order chi connectivity index (χ1) is 23.0. The number of rotatable bonds is 16. The summed E-state index contributed by atoms with van der Waals surface area (Å²) in [6.07, 6.45) is 1.76. The van der Waals surface area contributed by atoms with Gasteiger partial charge in [0.1, 0.15) is 23.4 Å². The molecule has 12 heteroatoms. The van der Waals surface area contributed by atoms with Crippen molar-refractivity contribution in [2.24, 2.45) is 5.92 Å². The summed E-state index contributed by atoms with van der Waals surface area (Å²) >= 11 is 0. The Kier molecular flexibility index (Phi) is 12.2. The normalized spacial score (nSPS) is 12.8. The third kappa shape index (κ3) is 9.61. The monoisotopic (exact) mass is 654 g/mol. The molecule has 0 aliphatic heterocycles. The first-order valence-corrected chi connectivity index (χ1v) is 15.4. The molecule has 0 fully saturated rings. The van der Waals surface area contributed by atoms with Gasteiger partial charge in [-0.3, -0.25) is 29.3 Å². The molecule has 0 saturated carbocycles. The summed E-state index contributed by atoms with van der Waals surface area (Å²) in [7, 11) is 1.53. The number of Topliss-reactive ketones (excluding diaryl/α,β-unsaturated/α-hetero) is 1. The van der Waals surface area contributed by atoms with E-state index in [0.717, 1.165) is 0 Å². The Balaban J connectivity index is 1.64. The molecule has 0 saturated heterocycles. The van der Waals surface area contributed by atoms with E-state index in [1.165, 1.54) is 43.7 Å². The summed E-state index contributed by atoms with van der Waals surface area (Å²) in [4.78, 5) is 65.5. The fourth-order valence-electron chi connectivity index (χ4n) is 5.16. The Morgan fingerprint density at radius 3 is 1.92 bits per heavy atom. The largest absolute Gasteiger partial charge is 0.497 e. The summed E-state index contributed by atoms with van der Waals surface area (Å²) in [6.45, 7) is 3.83. The number of nitrogens with one attached hydrogen (secondary N) is 3. The number of ether oxygens (including phenoxy) is 1. The van der Waals surface area contributed by atoms with Crippen LogP contribution in [0.4, 0.5) is 5.69 Å². The van der Waals surface area contributed by atoms with Gasteiger partial charge in [-0.2, -0.15) is 0 Å². The summed E-state index contributed by atoms with van der Waals surface area (Å²) in [5.74, 6) is -1.81. The molecule has 1 heterocycles. The Hall–Kier alpha value is -5.78. The number of para-hydroxylation sites is 1. The Morgan fingerprint density at radius 2 is 1.33 bits per heavy atom. The van der Waals surface area contributed by atoms with E-state index in [4.69, 9.17) is 9.15 Å². The molecular formula is C36H38N4O8. The van der Waals surface area contributed by atoms with Gasteiger partial charge >= 0.3 is 0 Å². The smallest absolute Gasteiger partial charge is 0.282 e. The van der Waals surface area contributed by atoms with Gasteiger partial charge in [0.25, 0.3) is 11.6 Å². The molecule has 3 aromatic carbocycles. The minimum atomic E-state index is -1.22. The number of carbonyl (C=O) groups excluding carboxylic acids is 4. The lowest BCUT2D eigenvalue weighted by Crippen LogP contribution is -2.57. The van der Waals surface area contributed by atoms with E-state index in [9.17, 15) is 29.3 Å². The van der Waals surface area contributed by atoms with Crippen molar-refractivity contribution in [2.45, 2.75) is 51.2 Å². The SMILES string of the molecule is COc1ccc(CC(NC(=O)C(Cc2ccccc2)NC(=O)c2ccccc2[N+](=O)[O-])C(=O)NC(CC(C)C)C(=O)c2ccco2)cc1. The van der Waals surface area contributed by atoms with E-state index in [1.54, 1.807) is 60.7 Å². The number of carbonyl (C=O) groups is 4. The molecule has 0 bridgehead atoms. The van der Waals surface area contributed by atoms with Crippen LogP contribution >= 0.6 is 0 Å². The zero-order valence-corrected chi connectivity index (χ0v) is 26.9. The average Bonchev–Trinajstić information content (AvgIpc) is 3.63. The van der Waals surface area contributed by atoms with Gasteiger partial charge in [0, 0.05) is 18.9 Å². The van der Waals surface area contributed by atoms with Crippen molar-refractivity contribution in [3.63, 3.8) is 0 Å². The molecule has 3 unspecified atom stereocenters. The van der Waals surface area contributed by atoms with Crippen molar-refractivity contribution < 1.29 is 33.3 Å². The number of nitro groups is 1. The van der Waals surface area contributed by atoms with Gasteiger partial charge in [0.05, 0.1) is 24.3 Å². The number of nitro benzene ring substituents is 1. The van der Waals surface area contributed by atoms with E-state index in [0.29, 0.717) is 23.3 Å². The summed E-state index contributed by atoms with van der Waals surface area (Å²) in [5, 5.41) is 19.8. The van der Waals surface area contributed by atoms with Crippen molar-refractivity contribution in [3.05, 3.63) is 130 Å². The lowest BCUT2D eigenvalue weighted by molar-refractivity contribution is -0.385. The maximum Gasteiger partial charge on any atom is 0.282 e. The second-order valence-corrected chi connectivity index (χ2v) is 11.6. The molecule has 4 rings (SSSR count). The predicted molar refractivity (Wildman–Crippen MR) is 178 cm³/mol. The molecule has 0 spiro atoms. The van der Waals surface area contributed by atoms with Crippen molar-refractivity contribution >= 4 is 29.2 Å². The maximum absolute atomic E-state index is 14.0. The van der Waals surface area contributed by atoms with Gasteiger partial charge in [-0.05, 0) is 53.8 Å². The molecule has 4 aromatic rings. The van der Waals surface area contributed by atoms with Gasteiger partial charge < -0.3 is 25.1 Å². The standard InChI is InChI=1S/C36H38N4O8/c1-23(2)20-28(33(41)32-14-9-19-48-32)37-35(43)30(22-25-15-17-26(47-3)18-16-25)39-36(44)29(21-24-10-5-4-6-11-24)38-34(42)27-12-7-8-13-31(27)40(45)46/h4-19,23,28-30H,20-22H2,1-3H3,(H,37,43)(H,38,42)(H,39,44). The topological polar surface area (TPSA) is 170 Å². The van der Waals surface area contributed by atoms with Crippen LogP contribution in [0.15, 0.2) is 102 Å². The van der Waals surface area contributed by atoms with E-state index in [2.05, 4.69) is 16.0 Å². The highest BCUT2D eigenvalue weighted by Gasteiger charge is 2.32. The number of hydrogen-bond donors (Lipinski definition) is 3. The number of hydrogen-bond acceptors (Lipinski definition) is 8. The number of ketones is 1. The van der Waals surface area contributed by atoms with E-state index in [1.807, 2.05) is 13.8 Å². The van der Waals surface area contributed by atoms with Crippen LogP contribution in [0, 0.1) is 16.0 Å². The van der Waals surface area contributed by atoms with Crippen LogP contribution in [-0.4, -0.2) is 53.7 Å². The molecule has 48 heavy (non-hydrogen) atoms. The number of nitrogens with zero attached hydrogens (tertiary/aromatic N) is 1. The van der Waals surface area contributed by atoms with Crippen LogP contribution in [0.3, 0.4) is 0 Å². The number of furan rings is 1. The minimum absolute atomic E-state index is 0.0306. The lowest BCUT2D eigenvalue weighted by Gasteiger charge is -2.26. The molecule has 0 radical (unpaired) electrons. The molecule has 3 amide bonds. The first-order valence-electron chi connectivity index (χ1n) is 15.4. The highest BCUT2D eigenvalue weighted by atomic mass is 16.6. The molecule has 0 aliphatic rings. The van der Waals surface area contributed by atoms with E-state index < -0.39 is 52.2 Å². The first kappa shape index (κ1) is 35.1. The second kappa shape index (κ2) is 16.7. The van der Waals surface area contributed by atoms with Crippen LogP contribution in [0.2, 0.25) is 0 Å². The van der Waals surface area contributed by atoms with Gasteiger partial charge in [-0.25, -0.2) is 0 Å². The van der Waals surface area contributed by atoms with E-state index in [-0.39, 0.29) is 30.1 Å². The highest BCUT2D eigenvalue weighted by molar-refractivity contribution is 6.02. The predicted octanol–water partition coefficient (Wildman–Crippen LogP) is 4.68. The summed E-state index contributed by atoms with van der Waals surface area (Å²) in [6, 6.07) is 21.1. The average molecular weight is 655 g/mol. The molecule has 250 valence electrons. The van der Waals surface area contributed by atoms with E-state index >= 15 is 0 Å². The molecule has 3 N–H and O–H groups in total. The lowest BCUT2D eigenvalue weighted by atomic mass is 9.97. The van der Waals surface area contributed by atoms with Gasteiger partial charge in [-0.1, -0.05) is 68.4 Å². The third-order valence-electron chi connectivity index (χ3n) is 7.59. The molecular weight excluding hydrogens is 616 g/mol. The molecule has 0 aliphatic carbocycles. The quantitative estimate of drug-likeness (QED) is 0.0889. The van der Waals surface area contributed by atoms with Gasteiger partial charge in [0.15, 0.2) is 5.76 Å². The fourth-order valence-corrected chi connectivity index (χ4v) is 5.16. The zero-order chi connectivity index (χ0) is 34.6. The Labute approximate surface area is 278 Å². The fraction of sp³-hybridized carbons (Fsp3) is 0.278. The maximum atomic E-state index is 14.0. The Bertz CT molecular complexity index is 1710. The van der Waals surface area contributed by atoms with Crippen LogP contribution in [0.5, 0.6) is 5.75 Å². The Morgan fingerprint density at radius 1 is 0.750 bits per heavy atom. The van der Waals surface area contributed by atoms with Crippen molar-refractivity contribution in [1.82, 2.24) is 16.0 Å². The summed E-state index contributed by atoms with van der Waals surface area (Å²) in [5.41, 5.74) is 0.771. The highest BCUT2D eigenvalue weighted by Crippen LogP contribution is 2.19. The van der Waals surface area contributed by atoms with Crippen LogP contribution < -0.4 is 20.7 Å². The van der Waals surface area contributed by atoms with Crippen molar-refractivity contribution in [3.8, 4) is 5.75 Å². The number of benzene rings is 3. The van der Waals surface area contributed by atoms with Crippen molar-refractivity contribution in [1.29, 1.82) is 0 Å². The number of methoxy groups -OCH3 is 1. The third-order valence-corrected chi connectivity index (χ3v) is 7.59. The minimum Gasteiger partial charge on any atom is -0.497 e. The van der Waals surface area contributed by atoms with Gasteiger partial charge in [-0.15, -0.1) is 0 Å². The van der Waals surface area contributed by atoms with Crippen LogP contribution in [-0.2, 0) is 22.4 Å².